The normalized spacial score (nSPS) is 16.5. The molecule has 2 N–H and O–H groups in total. The van der Waals surface area contributed by atoms with Crippen LogP contribution in [0.4, 0.5) is 0 Å². The van der Waals surface area contributed by atoms with Crippen molar-refractivity contribution in [2.75, 3.05) is 26.7 Å². The van der Waals surface area contributed by atoms with E-state index in [1.165, 1.54) is 0 Å². The van der Waals surface area contributed by atoms with E-state index in [1.54, 1.807) is 31.4 Å². The van der Waals surface area contributed by atoms with Gasteiger partial charge in [0.05, 0.1) is 13.7 Å². The van der Waals surface area contributed by atoms with Crippen molar-refractivity contribution < 1.29 is 19.1 Å². The molecule has 1 aliphatic rings. The van der Waals surface area contributed by atoms with E-state index in [1.807, 2.05) is 11.8 Å². The van der Waals surface area contributed by atoms with Crippen LogP contribution in [0.5, 0.6) is 5.75 Å². The maximum Gasteiger partial charge on any atom is 0.257 e. The van der Waals surface area contributed by atoms with E-state index in [-0.39, 0.29) is 30.3 Å². The van der Waals surface area contributed by atoms with E-state index in [4.69, 9.17) is 4.74 Å². The second-order valence-electron chi connectivity index (χ2n) is 7.70. The molecule has 0 aromatic heterocycles. The molecule has 1 fully saturated rings. The Morgan fingerprint density at radius 2 is 1.71 bits per heavy atom. The summed E-state index contributed by atoms with van der Waals surface area (Å²) < 4.78 is 5.05. The molecule has 154 valence electrons. The number of hydrogen-bond donors (Lipinski definition) is 2. The molecule has 1 heterocycles. The quantitative estimate of drug-likeness (QED) is 0.743. The second-order valence-corrected chi connectivity index (χ2v) is 7.70. The fourth-order valence-electron chi connectivity index (χ4n) is 3.05. The highest BCUT2D eigenvalue weighted by Gasteiger charge is 2.27. The lowest BCUT2D eigenvalue weighted by Crippen LogP contribution is -2.47. The standard InChI is InChI=1S/C21H31N3O4/c1-14(2)15(3)22-20(26)17-9-11-24(12-10-17)13-19(25)23-21(27)16-5-7-18(28-4)8-6-16/h5-8,14-15,17H,9-13H2,1-4H3,(H,22,26)(H,23,25,27). The summed E-state index contributed by atoms with van der Waals surface area (Å²) in [6, 6.07) is 6.73. The minimum atomic E-state index is -0.426. The van der Waals surface area contributed by atoms with Gasteiger partial charge in [-0.15, -0.1) is 0 Å². The first-order chi connectivity index (χ1) is 13.3. The van der Waals surface area contributed by atoms with Crippen molar-refractivity contribution >= 4 is 17.7 Å². The van der Waals surface area contributed by atoms with Crippen molar-refractivity contribution in [3.63, 3.8) is 0 Å². The molecule has 7 heteroatoms. The van der Waals surface area contributed by atoms with Crippen molar-refractivity contribution in [3.05, 3.63) is 29.8 Å². The molecule has 7 nitrogen and oxygen atoms in total. The van der Waals surface area contributed by atoms with Crippen LogP contribution < -0.4 is 15.4 Å². The van der Waals surface area contributed by atoms with E-state index < -0.39 is 5.91 Å². The summed E-state index contributed by atoms with van der Waals surface area (Å²) in [5.74, 6) is 0.372. The van der Waals surface area contributed by atoms with Crippen molar-refractivity contribution in [1.82, 2.24) is 15.5 Å². The highest BCUT2D eigenvalue weighted by Crippen LogP contribution is 2.18. The van der Waals surface area contributed by atoms with Crippen molar-refractivity contribution in [1.29, 1.82) is 0 Å². The Kier molecular flexibility index (Phi) is 7.99. The number of nitrogens with zero attached hydrogens (tertiary/aromatic N) is 1. The van der Waals surface area contributed by atoms with Gasteiger partial charge in [0, 0.05) is 17.5 Å². The molecule has 0 aliphatic carbocycles. The molecule has 1 atom stereocenters. The molecule has 1 unspecified atom stereocenters. The fraction of sp³-hybridized carbons (Fsp3) is 0.571. The van der Waals surface area contributed by atoms with Crippen LogP contribution in [0.1, 0.15) is 44.0 Å². The number of imide groups is 1. The van der Waals surface area contributed by atoms with Gasteiger partial charge in [-0.1, -0.05) is 13.8 Å². The number of ether oxygens (including phenoxy) is 1. The molecular formula is C21H31N3O4. The first kappa shape index (κ1) is 21.9. The molecule has 1 aromatic rings. The predicted octanol–water partition coefficient (Wildman–Crippen LogP) is 1.82. The van der Waals surface area contributed by atoms with Gasteiger partial charge in [0.25, 0.3) is 5.91 Å². The zero-order valence-electron chi connectivity index (χ0n) is 17.2. The van der Waals surface area contributed by atoms with Crippen LogP contribution in [0.25, 0.3) is 0 Å². The lowest BCUT2D eigenvalue weighted by molar-refractivity contribution is -0.127. The average molecular weight is 389 g/mol. The molecule has 3 amide bonds. The Bertz CT molecular complexity index is 679. The van der Waals surface area contributed by atoms with Gasteiger partial charge in [0.2, 0.25) is 11.8 Å². The monoisotopic (exact) mass is 389 g/mol. The molecule has 0 spiro atoms. The van der Waals surface area contributed by atoms with Crippen LogP contribution in [-0.4, -0.2) is 55.4 Å². The van der Waals surface area contributed by atoms with Gasteiger partial charge in [-0.25, -0.2) is 0 Å². The highest BCUT2D eigenvalue weighted by molar-refractivity contribution is 6.05. The van der Waals surface area contributed by atoms with Crippen molar-refractivity contribution in [2.45, 2.75) is 39.7 Å². The van der Waals surface area contributed by atoms with E-state index in [9.17, 15) is 14.4 Å². The number of rotatable bonds is 7. The average Bonchev–Trinajstić information content (AvgIpc) is 2.68. The van der Waals surface area contributed by atoms with Crippen LogP contribution in [-0.2, 0) is 9.59 Å². The largest absolute Gasteiger partial charge is 0.497 e. The molecule has 28 heavy (non-hydrogen) atoms. The summed E-state index contributed by atoms with van der Waals surface area (Å²) in [5, 5.41) is 5.48. The number of hydrogen-bond acceptors (Lipinski definition) is 5. The number of nitrogens with one attached hydrogen (secondary N) is 2. The Morgan fingerprint density at radius 1 is 1.11 bits per heavy atom. The summed E-state index contributed by atoms with van der Waals surface area (Å²) in [6.07, 6.45) is 1.44. The van der Waals surface area contributed by atoms with Gasteiger partial charge in [-0.3, -0.25) is 24.6 Å². The third-order valence-corrected chi connectivity index (χ3v) is 5.30. The Morgan fingerprint density at radius 3 is 2.25 bits per heavy atom. The summed E-state index contributed by atoms with van der Waals surface area (Å²) >= 11 is 0. The Hall–Kier alpha value is -2.41. The first-order valence-corrected chi connectivity index (χ1v) is 9.81. The lowest BCUT2D eigenvalue weighted by atomic mass is 9.95. The van der Waals surface area contributed by atoms with Crippen molar-refractivity contribution in [3.8, 4) is 5.75 Å². The summed E-state index contributed by atoms with van der Waals surface area (Å²) in [7, 11) is 1.55. The van der Waals surface area contributed by atoms with Crippen LogP contribution in [0, 0.1) is 11.8 Å². The summed E-state index contributed by atoms with van der Waals surface area (Å²) in [5.41, 5.74) is 0.406. The van der Waals surface area contributed by atoms with Gasteiger partial charge in [0.1, 0.15) is 5.75 Å². The lowest BCUT2D eigenvalue weighted by Gasteiger charge is -2.31. The minimum absolute atomic E-state index is 0.0126. The van der Waals surface area contributed by atoms with E-state index in [0.717, 1.165) is 12.8 Å². The first-order valence-electron chi connectivity index (χ1n) is 9.81. The van der Waals surface area contributed by atoms with Crippen LogP contribution in [0.15, 0.2) is 24.3 Å². The van der Waals surface area contributed by atoms with Crippen LogP contribution in [0.2, 0.25) is 0 Å². The third kappa shape index (κ3) is 6.34. The molecule has 0 saturated carbocycles. The fourth-order valence-corrected chi connectivity index (χ4v) is 3.05. The number of carbonyl (C=O) groups excluding carboxylic acids is 3. The Labute approximate surface area is 166 Å². The number of carbonyl (C=O) groups is 3. The second kappa shape index (κ2) is 10.2. The topological polar surface area (TPSA) is 87.7 Å². The Balaban J connectivity index is 1.75. The zero-order valence-corrected chi connectivity index (χ0v) is 17.2. The highest BCUT2D eigenvalue weighted by atomic mass is 16.5. The molecule has 1 aliphatic heterocycles. The summed E-state index contributed by atoms with van der Waals surface area (Å²) in [4.78, 5) is 38.6. The third-order valence-electron chi connectivity index (χ3n) is 5.30. The molecule has 2 rings (SSSR count). The molecule has 0 radical (unpaired) electrons. The predicted molar refractivity (Wildman–Crippen MR) is 107 cm³/mol. The van der Waals surface area contributed by atoms with Crippen LogP contribution in [0.3, 0.4) is 0 Å². The number of benzene rings is 1. The van der Waals surface area contributed by atoms with Gasteiger partial charge in [0.15, 0.2) is 0 Å². The van der Waals surface area contributed by atoms with Gasteiger partial charge in [-0.05, 0) is 63.0 Å². The SMILES string of the molecule is COc1ccc(C(=O)NC(=O)CN2CCC(C(=O)NC(C)C(C)C)CC2)cc1. The van der Waals surface area contributed by atoms with E-state index in [2.05, 4.69) is 24.5 Å². The van der Waals surface area contributed by atoms with Crippen molar-refractivity contribution in [2.24, 2.45) is 11.8 Å². The number of likely N-dealkylation sites (tertiary alicyclic amines) is 1. The van der Waals surface area contributed by atoms with Gasteiger partial charge >= 0.3 is 0 Å². The maximum atomic E-state index is 12.3. The van der Waals surface area contributed by atoms with Gasteiger partial charge < -0.3 is 10.1 Å². The smallest absolute Gasteiger partial charge is 0.257 e. The number of piperidine rings is 1. The molecular weight excluding hydrogens is 358 g/mol. The van der Waals surface area contributed by atoms with E-state index in [0.29, 0.717) is 30.3 Å². The minimum Gasteiger partial charge on any atom is -0.497 e. The summed E-state index contributed by atoms with van der Waals surface area (Å²) in [6.45, 7) is 7.66. The zero-order chi connectivity index (χ0) is 20.7. The van der Waals surface area contributed by atoms with Gasteiger partial charge in [-0.2, -0.15) is 0 Å². The van der Waals surface area contributed by atoms with Crippen LogP contribution >= 0.6 is 0 Å². The maximum absolute atomic E-state index is 12.3. The van der Waals surface area contributed by atoms with E-state index >= 15 is 0 Å². The number of amides is 3. The molecule has 1 saturated heterocycles. The number of methoxy groups -OCH3 is 1. The molecule has 0 bridgehead atoms. The molecule has 1 aromatic carbocycles.